The number of aromatic nitrogens is 2. The third-order valence-electron chi connectivity index (χ3n) is 3.31. The number of nitrogens with zero attached hydrogens (tertiary/aromatic N) is 2. The number of anilines is 1. The zero-order chi connectivity index (χ0) is 14.1. The maximum atomic E-state index is 12.3. The molecular formula is C15H14BrN3O. The van der Waals surface area contributed by atoms with Gasteiger partial charge in [0.15, 0.2) is 0 Å². The summed E-state index contributed by atoms with van der Waals surface area (Å²) in [5, 5.41) is 2.87. The smallest absolute Gasteiger partial charge is 0.259 e. The quantitative estimate of drug-likeness (QED) is 0.933. The van der Waals surface area contributed by atoms with Crippen LogP contribution in [-0.4, -0.2) is 15.9 Å². The Morgan fingerprint density at radius 1 is 1.35 bits per heavy atom. The van der Waals surface area contributed by atoms with Gasteiger partial charge in [0.05, 0.1) is 16.9 Å². The Morgan fingerprint density at radius 3 is 2.75 bits per heavy atom. The van der Waals surface area contributed by atoms with Gasteiger partial charge in [0, 0.05) is 16.6 Å². The summed E-state index contributed by atoms with van der Waals surface area (Å²) in [5.41, 5.74) is 1.99. The molecule has 1 aliphatic carbocycles. The Hall–Kier alpha value is -1.75. The fraction of sp³-hybridized carbons (Fsp3) is 0.267. The zero-order valence-electron chi connectivity index (χ0n) is 11.1. The Morgan fingerprint density at radius 2 is 2.10 bits per heavy atom. The highest BCUT2D eigenvalue weighted by molar-refractivity contribution is 9.10. The summed E-state index contributed by atoms with van der Waals surface area (Å²) in [6.07, 6.45) is 3.94. The molecule has 1 aromatic carbocycles. The summed E-state index contributed by atoms with van der Waals surface area (Å²) in [6.45, 7) is 1.85. The molecule has 0 atom stereocenters. The monoisotopic (exact) mass is 331 g/mol. The van der Waals surface area contributed by atoms with E-state index in [1.165, 1.54) is 0 Å². The van der Waals surface area contributed by atoms with Crippen LogP contribution in [0.2, 0.25) is 0 Å². The second kappa shape index (κ2) is 5.32. The van der Waals surface area contributed by atoms with Crippen molar-refractivity contribution in [3.8, 4) is 0 Å². The molecule has 5 heteroatoms. The molecule has 1 saturated carbocycles. The lowest BCUT2D eigenvalue weighted by molar-refractivity contribution is 0.102. The second-order valence-corrected chi connectivity index (χ2v) is 5.79. The Balaban J connectivity index is 1.82. The minimum atomic E-state index is -0.184. The van der Waals surface area contributed by atoms with Gasteiger partial charge in [0.1, 0.15) is 5.82 Å². The molecule has 1 fully saturated rings. The maximum Gasteiger partial charge on any atom is 0.259 e. The van der Waals surface area contributed by atoms with Gasteiger partial charge in [-0.15, -0.1) is 0 Å². The van der Waals surface area contributed by atoms with Gasteiger partial charge in [0.2, 0.25) is 0 Å². The summed E-state index contributed by atoms with van der Waals surface area (Å²) in [6, 6.07) is 7.50. The van der Waals surface area contributed by atoms with Gasteiger partial charge in [-0.25, -0.2) is 9.97 Å². The van der Waals surface area contributed by atoms with E-state index in [9.17, 15) is 4.79 Å². The molecule has 3 rings (SSSR count). The van der Waals surface area contributed by atoms with E-state index in [1.807, 2.05) is 31.2 Å². The van der Waals surface area contributed by atoms with E-state index < -0.39 is 0 Å². The van der Waals surface area contributed by atoms with Crippen LogP contribution in [0.3, 0.4) is 0 Å². The number of aryl methyl sites for hydroxylation is 1. The van der Waals surface area contributed by atoms with Crippen LogP contribution >= 0.6 is 15.9 Å². The molecule has 1 aromatic heterocycles. The van der Waals surface area contributed by atoms with Crippen molar-refractivity contribution in [2.24, 2.45) is 0 Å². The number of hydrogen-bond donors (Lipinski definition) is 1. The van der Waals surface area contributed by atoms with Crippen LogP contribution in [0, 0.1) is 6.92 Å². The second-order valence-electron chi connectivity index (χ2n) is 4.94. The topological polar surface area (TPSA) is 54.9 Å². The van der Waals surface area contributed by atoms with Crippen molar-refractivity contribution in [1.82, 2.24) is 9.97 Å². The van der Waals surface area contributed by atoms with Crippen LogP contribution in [0.15, 0.2) is 34.9 Å². The number of rotatable bonds is 3. The van der Waals surface area contributed by atoms with E-state index in [-0.39, 0.29) is 5.91 Å². The number of carbonyl (C=O) groups is 1. The van der Waals surface area contributed by atoms with Crippen molar-refractivity contribution in [2.45, 2.75) is 25.7 Å². The predicted molar refractivity (Wildman–Crippen MR) is 80.8 cm³/mol. The van der Waals surface area contributed by atoms with Gasteiger partial charge < -0.3 is 5.32 Å². The average Bonchev–Trinajstić information content (AvgIpc) is 3.25. The van der Waals surface area contributed by atoms with Crippen LogP contribution in [-0.2, 0) is 0 Å². The van der Waals surface area contributed by atoms with Crippen molar-refractivity contribution in [1.29, 1.82) is 0 Å². The van der Waals surface area contributed by atoms with Crippen LogP contribution in [0.5, 0.6) is 0 Å². The van der Waals surface area contributed by atoms with Crippen LogP contribution in [0.1, 0.15) is 40.6 Å². The van der Waals surface area contributed by atoms with Crippen LogP contribution in [0.25, 0.3) is 0 Å². The molecule has 1 heterocycles. The van der Waals surface area contributed by atoms with Crippen molar-refractivity contribution < 1.29 is 4.79 Å². The molecule has 4 nitrogen and oxygen atoms in total. The van der Waals surface area contributed by atoms with Crippen molar-refractivity contribution in [2.75, 3.05) is 5.32 Å². The standard InChI is InChI=1S/C15H14BrN3O/c1-9-11(8-17-14(18-9)10-6-7-10)15(20)19-13-5-3-2-4-12(13)16/h2-5,8,10H,6-7H2,1H3,(H,19,20). The molecule has 0 spiro atoms. The van der Waals surface area contributed by atoms with E-state index in [4.69, 9.17) is 0 Å². The third-order valence-corrected chi connectivity index (χ3v) is 4.00. The zero-order valence-corrected chi connectivity index (χ0v) is 12.6. The van der Waals surface area contributed by atoms with Crippen molar-refractivity contribution >= 4 is 27.5 Å². The summed E-state index contributed by atoms with van der Waals surface area (Å²) < 4.78 is 0.849. The first kappa shape index (κ1) is 13.2. The fourth-order valence-corrected chi connectivity index (χ4v) is 2.38. The summed E-state index contributed by atoms with van der Waals surface area (Å²) in [5.74, 6) is 1.17. The highest BCUT2D eigenvalue weighted by atomic mass is 79.9. The third kappa shape index (κ3) is 2.72. The minimum Gasteiger partial charge on any atom is -0.321 e. The van der Waals surface area contributed by atoms with Gasteiger partial charge in [-0.1, -0.05) is 12.1 Å². The summed E-state index contributed by atoms with van der Waals surface area (Å²) >= 11 is 3.41. The van der Waals surface area contributed by atoms with Gasteiger partial charge in [0.25, 0.3) is 5.91 Å². The van der Waals surface area contributed by atoms with E-state index in [1.54, 1.807) is 6.20 Å². The molecule has 102 valence electrons. The molecule has 1 amide bonds. The lowest BCUT2D eigenvalue weighted by Crippen LogP contribution is -2.15. The van der Waals surface area contributed by atoms with Gasteiger partial charge in [-0.2, -0.15) is 0 Å². The number of nitrogens with one attached hydrogen (secondary N) is 1. The molecular weight excluding hydrogens is 318 g/mol. The molecule has 0 aliphatic heterocycles. The Bertz CT molecular complexity index is 668. The number of carbonyl (C=O) groups excluding carboxylic acids is 1. The molecule has 0 unspecified atom stereocenters. The first-order valence-corrected chi connectivity index (χ1v) is 7.34. The molecule has 1 N–H and O–H groups in total. The lowest BCUT2D eigenvalue weighted by Gasteiger charge is -2.09. The predicted octanol–water partition coefficient (Wildman–Crippen LogP) is 3.68. The number of benzene rings is 1. The molecule has 1 aliphatic rings. The maximum absolute atomic E-state index is 12.3. The number of hydrogen-bond acceptors (Lipinski definition) is 3. The van der Waals surface area contributed by atoms with Crippen LogP contribution in [0.4, 0.5) is 5.69 Å². The Kier molecular flexibility index (Phi) is 3.53. The number of para-hydroxylation sites is 1. The molecule has 0 bridgehead atoms. The summed E-state index contributed by atoms with van der Waals surface area (Å²) in [7, 11) is 0. The average molecular weight is 332 g/mol. The Labute approximate surface area is 125 Å². The largest absolute Gasteiger partial charge is 0.321 e. The van der Waals surface area contributed by atoms with Crippen molar-refractivity contribution in [3.63, 3.8) is 0 Å². The fourth-order valence-electron chi connectivity index (χ4n) is 2.00. The minimum absolute atomic E-state index is 0.184. The first-order chi connectivity index (χ1) is 9.65. The first-order valence-electron chi connectivity index (χ1n) is 6.54. The highest BCUT2D eigenvalue weighted by Gasteiger charge is 2.27. The molecule has 20 heavy (non-hydrogen) atoms. The highest BCUT2D eigenvalue weighted by Crippen LogP contribution is 2.38. The van der Waals surface area contributed by atoms with E-state index in [0.717, 1.165) is 34.5 Å². The van der Waals surface area contributed by atoms with Gasteiger partial charge >= 0.3 is 0 Å². The van der Waals surface area contributed by atoms with Gasteiger partial charge in [-0.3, -0.25) is 4.79 Å². The van der Waals surface area contributed by atoms with E-state index in [0.29, 0.717) is 11.5 Å². The number of halogens is 1. The van der Waals surface area contributed by atoms with Crippen LogP contribution < -0.4 is 5.32 Å². The van der Waals surface area contributed by atoms with E-state index in [2.05, 4.69) is 31.2 Å². The molecule has 0 saturated heterocycles. The summed E-state index contributed by atoms with van der Waals surface area (Å²) in [4.78, 5) is 21.0. The lowest BCUT2D eigenvalue weighted by atomic mass is 10.2. The van der Waals surface area contributed by atoms with Gasteiger partial charge in [-0.05, 0) is 47.8 Å². The normalized spacial score (nSPS) is 14.1. The molecule has 0 radical (unpaired) electrons. The van der Waals surface area contributed by atoms with E-state index >= 15 is 0 Å². The molecule has 2 aromatic rings. The van der Waals surface area contributed by atoms with Crippen molar-refractivity contribution in [3.05, 3.63) is 52.0 Å². The number of amides is 1. The SMILES string of the molecule is Cc1nc(C2CC2)ncc1C(=O)Nc1ccccc1Br.